The lowest BCUT2D eigenvalue weighted by molar-refractivity contribution is 0.0575. The van der Waals surface area contributed by atoms with E-state index in [1.807, 2.05) is 18.2 Å². The number of ether oxygens (including phenoxy) is 1. The molecule has 0 saturated carbocycles. The van der Waals surface area contributed by atoms with Gasteiger partial charge in [0.1, 0.15) is 11.4 Å². The number of piperidine rings is 2. The topological polar surface area (TPSA) is 70.2 Å². The lowest BCUT2D eigenvalue weighted by Crippen LogP contribution is -2.51. The van der Waals surface area contributed by atoms with Crippen molar-refractivity contribution in [1.29, 1.82) is 0 Å². The van der Waals surface area contributed by atoms with Gasteiger partial charge in [0, 0.05) is 24.6 Å². The molecule has 0 aliphatic carbocycles. The molecule has 28 heavy (non-hydrogen) atoms. The molecule has 1 aromatic heterocycles. The lowest BCUT2D eigenvalue weighted by Gasteiger charge is -2.44. The van der Waals surface area contributed by atoms with E-state index >= 15 is 0 Å². The maximum absolute atomic E-state index is 12.7. The highest BCUT2D eigenvalue weighted by Gasteiger charge is 2.33. The summed E-state index contributed by atoms with van der Waals surface area (Å²) < 4.78 is 5.56. The molecule has 2 atom stereocenters. The van der Waals surface area contributed by atoms with Crippen molar-refractivity contribution < 1.29 is 9.53 Å². The van der Waals surface area contributed by atoms with Crippen LogP contribution in [0.25, 0.3) is 11.3 Å². The highest BCUT2D eigenvalue weighted by Crippen LogP contribution is 2.31. The molecule has 2 aromatic rings. The van der Waals surface area contributed by atoms with E-state index in [0.717, 1.165) is 36.6 Å². The van der Waals surface area contributed by atoms with Crippen LogP contribution in [0.1, 0.15) is 48.2 Å². The van der Waals surface area contributed by atoms with E-state index in [1.54, 1.807) is 0 Å². The van der Waals surface area contributed by atoms with E-state index < -0.39 is 0 Å². The molecular weight excluding hydrogens is 352 g/mol. The lowest BCUT2D eigenvalue weighted by atomic mass is 9.83. The summed E-state index contributed by atoms with van der Waals surface area (Å²) in [5, 5.41) is 10.4. The molecule has 0 unspecified atom stereocenters. The SMILES string of the molecule is O=C(NC[C@H]1CCCN2CCCC[C@@H]12)c1cc(-c2ccc3c(c2)CCO3)n[nH]1. The van der Waals surface area contributed by atoms with Crippen molar-refractivity contribution in [3.8, 4) is 17.0 Å². The van der Waals surface area contributed by atoms with E-state index in [2.05, 4.69) is 26.5 Å². The first-order chi connectivity index (χ1) is 13.8. The monoisotopic (exact) mass is 380 g/mol. The molecule has 2 N–H and O–H groups in total. The third-order valence-electron chi connectivity index (χ3n) is 6.56. The van der Waals surface area contributed by atoms with Gasteiger partial charge >= 0.3 is 0 Å². The number of nitrogens with one attached hydrogen (secondary N) is 2. The molecule has 3 aliphatic heterocycles. The maximum Gasteiger partial charge on any atom is 0.269 e. The van der Waals surface area contributed by atoms with Crippen LogP contribution in [0.2, 0.25) is 0 Å². The molecule has 0 bridgehead atoms. The molecule has 148 valence electrons. The highest BCUT2D eigenvalue weighted by atomic mass is 16.5. The number of carbonyl (C=O) groups is 1. The minimum Gasteiger partial charge on any atom is -0.493 e. The minimum absolute atomic E-state index is 0.0591. The minimum atomic E-state index is -0.0591. The fraction of sp³-hybridized carbons (Fsp3) is 0.545. The van der Waals surface area contributed by atoms with Crippen molar-refractivity contribution in [1.82, 2.24) is 20.4 Å². The summed E-state index contributed by atoms with van der Waals surface area (Å²) in [5.74, 6) is 1.47. The Balaban J connectivity index is 1.23. The van der Waals surface area contributed by atoms with Crippen LogP contribution >= 0.6 is 0 Å². The maximum atomic E-state index is 12.7. The molecule has 6 heteroatoms. The summed E-state index contributed by atoms with van der Waals surface area (Å²) in [5.41, 5.74) is 3.56. The van der Waals surface area contributed by atoms with Crippen LogP contribution in [-0.2, 0) is 6.42 Å². The number of benzene rings is 1. The van der Waals surface area contributed by atoms with Crippen LogP contribution in [0.4, 0.5) is 0 Å². The van der Waals surface area contributed by atoms with Crippen LogP contribution in [0.5, 0.6) is 5.75 Å². The van der Waals surface area contributed by atoms with Gasteiger partial charge in [-0.05, 0) is 74.5 Å². The van der Waals surface area contributed by atoms with Gasteiger partial charge in [0.15, 0.2) is 0 Å². The molecule has 2 fully saturated rings. The Bertz CT molecular complexity index is 860. The van der Waals surface area contributed by atoms with Crippen LogP contribution in [0.15, 0.2) is 24.3 Å². The molecule has 5 rings (SSSR count). The zero-order valence-electron chi connectivity index (χ0n) is 16.2. The van der Waals surface area contributed by atoms with Gasteiger partial charge in [-0.3, -0.25) is 9.89 Å². The second-order valence-electron chi connectivity index (χ2n) is 8.30. The van der Waals surface area contributed by atoms with E-state index in [-0.39, 0.29) is 5.91 Å². The average molecular weight is 380 g/mol. The van der Waals surface area contributed by atoms with Gasteiger partial charge in [-0.2, -0.15) is 5.10 Å². The Morgan fingerprint density at radius 1 is 1.21 bits per heavy atom. The van der Waals surface area contributed by atoms with E-state index in [9.17, 15) is 4.79 Å². The van der Waals surface area contributed by atoms with E-state index in [0.29, 0.717) is 17.7 Å². The Morgan fingerprint density at radius 2 is 2.14 bits per heavy atom. The van der Waals surface area contributed by atoms with Crippen LogP contribution in [-0.4, -0.2) is 53.3 Å². The second kappa shape index (κ2) is 7.59. The van der Waals surface area contributed by atoms with Crippen LogP contribution < -0.4 is 10.1 Å². The zero-order chi connectivity index (χ0) is 18.9. The average Bonchev–Trinajstić information content (AvgIpc) is 3.41. The van der Waals surface area contributed by atoms with Crippen molar-refractivity contribution in [2.75, 3.05) is 26.2 Å². The molecular formula is C22H28N4O2. The number of fused-ring (bicyclic) bond motifs is 2. The summed E-state index contributed by atoms with van der Waals surface area (Å²) in [4.78, 5) is 15.3. The molecule has 4 heterocycles. The van der Waals surface area contributed by atoms with Gasteiger partial charge in [0.05, 0.1) is 12.3 Å². The fourth-order valence-corrected chi connectivity index (χ4v) is 5.07. The van der Waals surface area contributed by atoms with Gasteiger partial charge in [-0.1, -0.05) is 6.42 Å². The summed E-state index contributed by atoms with van der Waals surface area (Å²) in [6.45, 7) is 3.95. The van der Waals surface area contributed by atoms with Crippen LogP contribution in [0.3, 0.4) is 0 Å². The largest absolute Gasteiger partial charge is 0.493 e. The summed E-state index contributed by atoms with van der Waals surface area (Å²) >= 11 is 0. The zero-order valence-corrected chi connectivity index (χ0v) is 16.2. The van der Waals surface area contributed by atoms with Crippen molar-refractivity contribution >= 4 is 5.91 Å². The summed E-state index contributed by atoms with van der Waals surface area (Å²) in [7, 11) is 0. The third-order valence-corrected chi connectivity index (χ3v) is 6.56. The molecule has 1 aromatic carbocycles. The predicted octanol–water partition coefficient (Wildman–Crippen LogP) is 3.01. The van der Waals surface area contributed by atoms with Gasteiger partial charge in [0.2, 0.25) is 0 Å². The van der Waals surface area contributed by atoms with E-state index in [1.165, 1.54) is 50.8 Å². The van der Waals surface area contributed by atoms with Crippen molar-refractivity contribution in [2.45, 2.75) is 44.6 Å². The molecule has 0 spiro atoms. The predicted molar refractivity (Wildman–Crippen MR) is 107 cm³/mol. The smallest absolute Gasteiger partial charge is 0.269 e. The third kappa shape index (κ3) is 3.41. The van der Waals surface area contributed by atoms with Gasteiger partial charge in [-0.25, -0.2) is 0 Å². The Labute approximate surface area is 165 Å². The molecule has 6 nitrogen and oxygen atoms in total. The van der Waals surface area contributed by atoms with Crippen molar-refractivity contribution in [3.63, 3.8) is 0 Å². The van der Waals surface area contributed by atoms with Gasteiger partial charge in [0.25, 0.3) is 5.91 Å². The Morgan fingerprint density at radius 3 is 3.11 bits per heavy atom. The molecule has 2 saturated heterocycles. The van der Waals surface area contributed by atoms with Crippen molar-refractivity contribution in [2.24, 2.45) is 5.92 Å². The number of hydrogen-bond acceptors (Lipinski definition) is 4. The number of aromatic nitrogens is 2. The molecule has 3 aliphatic rings. The first-order valence-electron chi connectivity index (χ1n) is 10.6. The number of hydrogen-bond donors (Lipinski definition) is 2. The standard InChI is InChI=1S/C22H28N4O2/c27-22(23-14-17-4-3-10-26-9-2-1-5-20(17)26)19-13-18(24-25-19)15-6-7-21-16(12-15)8-11-28-21/h6-7,12-13,17,20H,1-5,8-11,14H2,(H,23,27)(H,24,25)/t17-,20+/m1/s1. The Hall–Kier alpha value is -2.34. The number of amides is 1. The number of rotatable bonds is 4. The molecule has 1 amide bonds. The fourth-order valence-electron chi connectivity index (χ4n) is 5.07. The number of carbonyl (C=O) groups excluding carboxylic acids is 1. The normalized spacial score (nSPS) is 24.3. The number of nitrogens with zero attached hydrogens (tertiary/aromatic N) is 2. The van der Waals surface area contributed by atoms with Crippen LogP contribution in [0, 0.1) is 5.92 Å². The number of aromatic amines is 1. The second-order valence-corrected chi connectivity index (χ2v) is 8.30. The molecule has 0 radical (unpaired) electrons. The van der Waals surface area contributed by atoms with Gasteiger partial charge < -0.3 is 15.0 Å². The van der Waals surface area contributed by atoms with Gasteiger partial charge in [-0.15, -0.1) is 0 Å². The van der Waals surface area contributed by atoms with E-state index in [4.69, 9.17) is 4.74 Å². The summed E-state index contributed by atoms with van der Waals surface area (Å²) in [6.07, 6.45) is 7.31. The first-order valence-corrected chi connectivity index (χ1v) is 10.6. The van der Waals surface area contributed by atoms with Crippen molar-refractivity contribution in [3.05, 3.63) is 35.5 Å². The first kappa shape index (κ1) is 17.7. The highest BCUT2D eigenvalue weighted by molar-refractivity contribution is 5.93. The Kier molecular flexibility index (Phi) is 4.81. The quantitative estimate of drug-likeness (QED) is 0.855. The number of H-pyrrole nitrogens is 1. The summed E-state index contributed by atoms with van der Waals surface area (Å²) in [6, 6.07) is 8.60.